The lowest BCUT2D eigenvalue weighted by Crippen LogP contribution is -2.15. The van der Waals surface area contributed by atoms with Crippen molar-refractivity contribution in [2.45, 2.75) is 20.3 Å². The van der Waals surface area contributed by atoms with Crippen LogP contribution in [-0.2, 0) is 11.2 Å². The first-order valence-electron chi connectivity index (χ1n) is 6.17. The number of aromatic amines is 1. The second-order valence-electron chi connectivity index (χ2n) is 4.60. The van der Waals surface area contributed by atoms with Crippen LogP contribution in [0.2, 0.25) is 0 Å². The number of hydrogen-bond acceptors (Lipinski definition) is 3. The minimum atomic E-state index is -0.383. The molecular formula is C14H16N4O2. The predicted octanol–water partition coefficient (Wildman–Crippen LogP) is 1.31. The van der Waals surface area contributed by atoms with Crippen molar-refractivity contribution in [1.29, 1.82) is 0 Å². The topological polar surface area (TPSA) is 101 Å². The van der Waals surface area contributed by atoms with Crippen molar-refractivity contribution in [1.82, 2.24) is 10.2 Å². The summed E-state index contributed by atoms with van der Waals surface area (Å²) < 4.78 is 0. The van der Waals surface area contributed by atoms with Gasteiger partial charge in [0.2, 0.25) is 5.91 Å². The highest BCUT2D eigenvalue weighted by atomic mass is 16.2. The fraction of sp³-hybridized carbons (Fsp3) is 0.214. The van der Waals surface area contributed by atoms with Crippen LogP contribution >= 0.6 is 0 Å². The maximum absolute atomic E-state index is 12.1. The highest BCUT2D eigenvalue weighted by molar-refractivity contribution is 6.05. The number of primary amides is 1. The number of rotatable bonds is 4. The van der Waals surface area contributed by atoms with Crippen LogP contribution in [0, 0.1) is 13.8 Å². The molecule has 0 saturated carbocycles. The number of anilines is 1. The van der Waals surface area contributed by atoms with E-state index >= 15 is 0 Å². The molecule has 0 bridgehead atoms. The van der Waals surface area contributed by atoms with Crippen LogP contribution in [0.5, 0.6) is 0 Å². The summed E-state index contributed by atoms with van der Waals surface area (Å²) in [6.45, 7) is 3.57. The van der Waals surface area contributed by atoms with Gasteiger partial charge in [0.05, 0.1) is 17.7 Å². The molecule has 2 aromatic rings. The Morgan fingerprint density at radius 1 is 1.25 bits per heavy atom. The minimum Gasteiger partial charge on any atom is -0.369 e. The van der Waals surface area contributed by atoms with Crippen molar-refractivity contribution < 1.29 is 9.59 Å². The van der Waals surface area contributed by atoms with E-state index in [4.69, 9.17) is 5.73 Å². The molecule has 2 rings (SSSR count). The maximum Gasteiger partial charge on any atom is 0.259 e. The number of aromatic nitrogens is 2. The van der Waals surface area contributed by atoms with Crippen LogP contribution in [0.15, 0.2) is 24.3 Å². The number of hydrogen-bond donors (Lipinski definition) is 3. The second kappa shape index (κ2) is 5.56. The first-order valence-corrected chi connectivity index (χ1v) is 6.17. The molecule has 0 aliphatic rings. The maximum atomic E-state index is 12.1. The van der Waals surface area contributed by atoms with E-state index < -0.39 is 0 Å². The third-order valence-electron chi connectivity index (χ3n) is 2.95. The van der Waals surface area contributed by atoms with Crippen molar-refractivity contribution in [3.63, 3.8) is 0 Å². The molecule has 2 amide bonds. The van der Waals surface area contributed by atoms with E-state index in [1.54, 1.807) is 38.1 Å². The molecule has 0 radical (unpaired) electrons. The third-order valence-corrected chi connectivity index (χ3v) is 2.95. The van der Waals surface area contributed by atoms with Gasteiger partial charge in [-0.25, -0.2) is 0 Å². The lowest BCUT2D eigenvalue weighted by molar-refractivity contribution is -0.117. The molecule has 0 aliphatic heterocycles. The van der Waals surface area contributed by atoms with Crippen LogP contribution in [0.3, 0.4) is 0 Å². The molecule has 104 valence electrons. The van der Waals surface area contributed by atoms with E-state index in [9.17, 15) is 9.59 Å². The van der Waals surface area contributed by atoms with Crippen LogP contribution in [0.25, 0.3) is 0 Å². The van der Waals surface area contributed by atoms with Gasteiger partial charge in [0, 0.05) is 11.4 Å². The van der Waals surface area contributed by atoms with E-state index in [1.807, 2.05) is 0 Å². The molecule has 0 unspecified atom stereocenters. The number of H-pyrrole nitrogens is 1. The normalized spacial score (nSPS) is 10.3. The molecule has 6 heteroatoms. The molecule has 4 N–H and O–H groups in total. The summed E-state index contributed by atoms with van der Waals surface area (Å²) in [5.74, 6) is -0.595. The molecule has 1 aromatic carbocycles. The SMILES string of the molecule is Cc1n[nH]c(C)c1C(=O)Nc1ccc(CC(N)=O)cc1. The van der Waals surface area contributed by atoms with E-state index in [2.05, 4.69) is 15.5 Å². The van der Waals surface area contributed by atoms with Gasteiger partial charge in [0.25, 0.3) is 5.91 Å². The number of aryl methyl sites for hydroxylation is 2. The van der Waals surface area contributed by atoms with E-state index in [0.29, 0.717) is 16.9 Å². The fourth-order valence-electron chi connectivity index (χ4n) is 1.99. The Hall–Kier alpha value is -2.63. The first-order chi connectivity index (χ1) is 9.47. The van der Waals surface area contributed by atoms with Gasteiger partial charge in [-0.2, -0.15) is 5.10 Å². The molecule has 20 heavy (non-hydrogen) atoms. The van der Waals surface area contributed by atoms with Crippen LogP contribution in [-0.4, -0.2) is 22.0 Å². The Morgan fingerprint density at radius 3 is 2.40 bits per heavy atom. The quantitative estimate of drug-likeness (QED) is 0.782. The molecule has 0 spiro atoms. The molecular weight excluding hydrogens is 256 g/mol. The molecule has 0 atom stereocenters. The molecule has 0 saturated heterocycles. The summed E-state index contributed by atoms with van der Waals surface area (Å²) in [5, 5.41) is 9.55. The number of nitrogens with one attached hydrogen (secondary N) is 2. The smallest absolute Gasteiger partial charge is 0.259 e. The van der Waals surface area contributed by atoms with Gasteiger partial charge in [-0.15, -0.1) is 0 Å². The number of nitrogens with zero attached hydrogens (tertiary/aromatic N) is 1. The first kappa shape index (κ1) is 13.8. The number of carbonyl (C=O) groups excluding carboxylic acids is 2. The summed E-state index contributed by atoms with van der Waals surface area (Å²) in [7, 11) is 0. The van der Waals surface area contributed by atoms with Crippen molar-refractivity contribution >= 4 is 17.5 Å². The number of benzene rings is 1. The second-order valence-corrected chi connectivity index (χ2v) is 4.60. The zero-order chi connectivity index (χ0) is 14.7. The van der Waals surface area contributed by atoms with Gasteiger partial charge >= 0.3 is 0 Å². The number of nitrogens with two attached hydrogens (primary N) is 1. The molecule has 6 nitrogen and oxygen atoms in total. The average molecular weight is 272 g/mol. The molecule has 0 aliphatic carbocycles. The summed E-state index contributed by atoms with van der Waals surface area (Å²) in [6.07, 6.45) is 0.189. The molecule has 1 heterocycles. The Labute approximate surface area is 116 Å². The van der Waals surface area contributed by atoms with Gasteiger partial charge in [0.1, 0.15) is 0 Å². The van der Waals surface area contributed by atoms with Crippen molar-refractivity contribution in [3.8, 4) is 0 Å². The average Bonchev–Trinajstić information content (AvgIpc) is 2.71. The Bertz CT molecular complexity index is 624. The largest absolute Gasteiger partial charge is 0.369 e. The van der Waals surface area contributed by atoms with E-state index in [1.165, 1.54) is 0 Å². The molecule has 0 fully saturated rings. The number of carbonyl (C=O) groups is 2. The van der Waals surface area contributed by atoms with E-state index in [-0.39, 0.29) is 18.2 Å². The van der Waals surface area contributed by atoms with Gasteiger partial charge in [-0.1, -0.05) is 12.1 Å². The zero-order valence-corrected chi connectivity index (χ0v) is 11.4. The van der Waals surface area contributed by atoms with Gasteiger partial charge in [-0.3, -0.25) is 14.7 Å². The van der Waals surface area contributed by atoms with Crippen LogP contribution in [0.4, 0.5) is 5.69 Å². The fourth-order valence-corrected chi connectivity index (χ4v) is 1.99. The van der Waals surface area contributed by atoms with Gasteiger partial charge in [0.15, 0.2) is 0 Å². The lowest BCUT2D eigenvalue weighted by Gasteiger charge is -2.06. The Kier molecular flexibility index (Phi) is 3.84. The van der Waals surface area contributed by atoms with Gasteiger partial charge < -0.3 is 11.1 Å². The summed E-state index contributed by atoms with van der Waals surface area (Å²) in [5.41, 5.74) is 8.52. The highest BCUT2D eigenvalue weighted by Crippen LogP contribution is 2.14. The van der Waals surface area contributed by atoms with Gasteiger partial charge in [-0.05, 0) is 31.5 Å². The summed E-state index contributed by atoms with van der Waals surface area (Å²) in [4.78, 5) is 22.9. The summed E-state index contributed by atoms with van der Waals surface area (Å²) in [6, 6.07) is 6.99. The number of amides is 2. The van der Waals surface area contributed by atoms with Crippen molar-refractivity contribution in [2.24, 2.45) is 5.73 Å². The predicted molar refractivity (Wildman–Crippen MR) is 75.4 cm³/mol. The van der Waals surface area contributed by atoms with Crippen molar-refractivity contribution in [3.05, 3.63) is 46.8 Å². The standard InChI is InChI=1S/C14H16N4O2/c1-8-13(9(2)18-17-8)14(20)16-11-5-3-10(4-6-11)7-12(15)19/h3-6H,7H2,1-2H3,(H2,15,19)(H,16,20)(H,17,18). The molecule has 1 aromatic heterocycles. The minimum absolute atomic E-state index is 0.189. The van der Waals surface area contributed by atoms with Crippen LogP contribution < -0.4 is 11.1 Å². The van der Waals surface area contributed by atoms with Crippen LogP contribution in [0.1, 0.15) is 27.3 Å². The lowest BCUT2D eigenvalue weighted by atomic mass is 10.1. The highest BCUT2D eigenvalue weighted by Gasteiger charge is 2.15. The zero-order valence-electron chi connectivity index (χ0n) is 11.4. The Balaban J connectivity index is 2.10. The van der Waals surface area contributed by atoms with Crippen molar-refractivity contribution in [2.75, 3.05) is 5.32 Å². The monoisotopic (exact) mass is 272 g/mol. The van der Waals surface area contributed by atoms with E-state index in [0.717, 1.165) is 11.3 Å². The third kappa shape index (κ3) is 3.03. The Morgan fingerprint density at radius 2 is 1.90 bits per heavy atom. The summed E-state index contributed by atoms with van der Waals surface area (Å²) >= 11 is 0.